The van der Waals surface area contributed by atoms with Gasteiger partial charge < -0.3 is 5.32 Å². The Morgan fingerprint density at radius 2 is 2.00 bits per heavy atom. The van der Waals surface area contributed by atoms with Crippen LogP contribution in [0.15, 0.2) is 42.5 Å². The van der Waals surface area contributed by atoms with E-state index in [4.69, 9.17) is 5.26 Å². The molecule has 2 aromatic rings. The third-order valence-corrected chi connectivity index (χ3v) is 3.05. The van der Waals surface area contributed by atoms with Crippen LogP contribution in [0.25, 0.3) is 10.8 Å². The van der Waals surface area contributed by atoms with Gasteiger partial charge in [-0.25, -0.2) is 0 Å². The molecule has 1 unspecified atom stereocenters. The van der Waals surface area contributed by atoms with Gasteiger partial charge in [0, 0.05) is 5.56 Å². The van der Waals surface area contributed by atoms with E-state index in [1.165, 1.54) is 0 Å². The van der Waals surface area contributed by atoms with Crippen LogP contribution in [-0.2, 0) is 0 Å². The molecule has 0 aliphatic rings. The smallest absolute Gasteiger partial charge is 0.252 e. The van der Waals surface area contributed by atoms with E-state index in [2.05, 4.69) is 11.4 Å². The summed E-state index contributed by atoms with van der Waals surface area (Å²) in [6.45, 7) is 1.99. The van der Waals surface area contributed by atoms with E-state index >= 15 is 0 Å². The highest BCUT2D eigenvalue weighted by atomic mass is 16.1. The van der Waals surface area contributed by atoms with E-state index in [0.29, 0.717) is 12.0 Å². The molecule has 96 valence electrons. The summed E-state index contributed by atoms with van der Waals surface area (Å²) in [5.74, 6) is -0.189. The second-order valence-electron chi connectivity index (χ2n) is 4.51. The lowest BCUT2D eigenvalue weighted by Crippen LogP contribution is -2.33. The van der Waals surface area contributed by atoms with Crippen molar-refractivity contribution in [1.29, 1.82) is 5.26 Å². The van der Waals surface area contributed by atoms with Gasteiger partial charge in [-0.2, -0.15) is 5.26 Å². The molecule has 2 rings (SSSR count). The Hall–Kier alpha value is -2.34. The SMILES string of the molecule is CCCC(C#N)NC(=O)c1ccc2ccccc2c1. The number of amides is 1. The highest BCUT2D eigenvalue weighted by molar-refractivity contribution is 5.98. The number of carbonyl (C=O) groups is 1. The summed E-state index contributed by atoms with van der Waals surface area (Å²) < 4.78 is 0. The molecule has 0 aliphatic heterocycles. The van der Waals surface area contributed by atoms with Crippen molar-refractivity contribution in [3.63, 3.8) is 0 Å². The fraction of sp³-hybridized carbons (Fsp3) is 0.250. The van der Waals surface area contributed by atoms with Gasteiger partial charge in [0.15, 0.2) is 0 Å². The summed E-state index contributed by atoms with van der Waals surface area (Å²) in [4.78, 5) is 12.1. The van der Waals surface area contributed by atoms with Gasteiger partial charge in [0.1, 0.15) is 6.04 Å². The minimum Gasteiger partial charge on any atom is -0.336 e. The summed E-state index contributed by atoms with van der Waals surface area (Å²) in [6.07, 6.45) is 1.55. The van der Waals surface area contributed by atoms with Crippen LogP contribution in [0.3, 0.4) is 0 Å². The van der Waals surface area contributed by atoms with Crippen LogP contribution in [0.2, 0.25) is 0 Å². The molecule has 0 saturated heterocycles. The molecule has 1 amide bonds. The van der Waals surface area contributed by atoms with E-state index in [1.54, 1.807) is 6.07 Å². The number of carbonyl (C=O) groups excluding carboxylic acids is 1. The molecule has 0 fully saturated rings. The van der Waals surface area contributed by atoms with E-state index < -0.39 is 6.04 Å². The van der Waals surface area contributed by atoms with Gasteiger partial charge in [-0.15, -0.1) is 0 Å². The van der Waals surface area contributed by atoms with Crippen LogP contribution in [-0.4, -0.2) is 11.9 Å². The van der Waals surface area contributed by atoms with Gasteiger partial charge in [-0.1, -0.05) is 43.7 Å². The van der Waals surface area contributed by atoms with Gasteiger partial charge in [0.2, 0.25) is 0 Å². The maximum Gasteiger partial charge on any atom is 0.252 e. The van der Waals surface area contributed by atoms with Crippen molar-refractivity contribution < 1.29 is 4.79 Å². The normalized spacial score (nSPS) is 11.8. The number of rotatable bonds is 4. The van der Waals surface area contributed by atoms with Gasteiger partial charge in [-0.05, 0) is 29.3 Å². The predicted molar refractivity (Wildman–Crippen MR) is 75.7 cm³/mol. The monoisotopic (exact) mass is 252 g/mol. The first-order valence-corrected chi connectivity index (χ1v) is 6.44. The van der Waals surface area contributed by atoms with Crippen LogP contribution in [0, 0.1) is 11.3 Å². The van der Waals surface area contributed by atoms with Gasteiger partial charge >= 0.3 is 0 Å². The summed E-state index contributed by atoms with van der Waals surface area (Å²) in [6, 6.07) is 15.1. The highest BCUT2D eigenvalue weighted by Crippen LogP contribution is 2.15. The van der Waals surface area contributed by atoms with Crippen LogP contribution in [0.4, 0.5) is 0 Å². The number of nitriles is 1. The van der Waals surface area contributed by atoms with Crippen LogP contribution < -0.4 is 5.32 Å². The van der Waals surface area contributed by atoms with Crippen molar-refractivity contribution in [3.8, 4) is 6.07 Å². The van der Waals surface area contributed by atoms with Gasteiger partial charge in [-0.3, -0.25) is 4.79 Å². The fourth-order valence-electron chi connectivity index (χ4n) is 2.03. The summed E-state index contributed by atoms with van der Waals surface area (Å²) in [7, 11) is 0. The molecule has 0 bridgehead atoms. The average molecular weight is 252 g/mol. The zero-order chi connectivity index (χ0) is 13.7. The van der Waals surface area contributed by atoms with E-state index in [-0.39, 0.29) is 5.91 Å². The maximum absolute atomic E-state index is 12.1. The van der Waals surface area contributed by atoms with Gasteiger partial charge in [0.25, 0.3) is 5.91 Å². The van der Waals surface area contributed by atoms with Crippen LogP contribution in [0.5, 0.6) is 0 Å². The molecule has 1 atom stereocenters. The molecule has 0 saturated carbocycles. The Morgan fingerprint density at radius 1 is 1.26 bits per heavy atom. The summed E-state index contributed by atoms with van der Waals surface area (Å²) in [5.41, 5.74) is 0.593. The summed E-state index contributed by atoms with van der Waals surface area (Å²) in [5, 5.41) is 13.8. The minimum absolute atomic E-state index is 0.189. The van der Waals surface area contributed by atoms with E-state index in [9.17, 15) is 4.79 Å². The number of nitrogens with zero attached hydrogens (tertiary/aromatic N) is 1. The first kappa shape index (κ1) is 13.1. The molecule has 0 radical (unpaired) electrons. The Bertz CT molecular complexity index is 628. The number of benzene rings is 2. The third-order valence-electron chi connectivity index (χ3n) is 3.05. The number of fused-ring (bicyclic) bond motifs is 1. The van der Waals surface area contributed by atoms with Crippen LogP contribution >= 0.6 is 0 Å². The van der Waals surface area contributed by atoms with Crippen molar-refractivity contribution in [2.24, 2.45) is 0 Å². The molecule has 3 nitrogen and oxygen atoms in total. The molecule has 0 aromatic heterocycles. The fourth-order valence-corrected chi connectivity index (χ4v) is 2.03. The lowest BCUT2D eigenvalue weighted by atomic mass is 10.1. The Labute approximate surface area is 112 Å². The second kappa shape index (κ2) is 6.01. The largest absolute Gasteiger partial charge is 0.336 e. The van der Waals surface area contributed by atoms with Crippen molar-refractivity contribution in [2.75, 3.05) is 0 Å². The maximum atomic E-state index is 12.1. The molecule has 2 aromatic carbocycles. The number of hydrogen-bond donors (Lipinski definition) is 1. The molecule has 3 heteroatoms. The quantitative estimate of drug-likeness (QED) is 0.908. The third kappa shape index (κ3) is 3.11. The highest BCUT2D eigenvalue weighted by Gasteiger charge is 2.12. The standard InChI is InChI=1S/C16H16N2O/c1-2-5-15(11-17)18-16(19)14-9-8-12-6-3-4-7-13(12)10-14/h3-4,6-10,15H,2,5H2,1H3,(H,18,19). The molecule has 0 spiro atoms. The van der Waals surface area contributed by atoms with Crippen LogP contribution in [0.1, 0.15) is 30.1 Å². The summed E-state index contributed by atoms with van der Waals surface area (Å²) >= 11 is 0. The molecule has 19 heavy (non-hydrogen) atoms. The Kier molecular flexibility index (Phi) is 4.15. The predicted octanol–water partition coefficient (Wildman–Crippen LogP) is 3.26. The van der Waals surface area contributed by atoms with Crippen molar-refractivity contribution >= 4 is 16.7 Å². The Balaban J connectivity index is 2.19. The first-order valence-electron chi connectivity index (χ1n) is 6.44. The zero-order valence-corrected chi connectivity index (χ0v) is 10.9. The molecule has 0 heterocycles. The van der Waals surface area contributed by atoms with Crippen molar-refractivity contribution in [2.45, 2.75) is 25.8 Å². The topological polar surface area (TPSA) is 52.9 Å². The molecule has 1 N–H and O–H groups in total. The number of hydrogen-bond acceptors (Lipinski definition) is 2. The first-order chi connectivity index (χ1) is 9.24. The lowest BCUT2D eigenvalue weighted by molar-refractivity contribution is 0.0944. The van der Waals surface area contributed by atoms with E-state index in [1.807, 2.05) is 43.3 Å². The van der Waals surface area contributed by atoms with Crippen molar-refractivity contribution in [1.82, 2.24) is 5.32 Å². The number of nitrogens with one attached hydrogen (secondary N) is 1. The molecule has 0 aliphatic carbocycles. The van der Waals surface area contributed by atoms with E-state index in [0.717, 1.165) is 17.2 Å². The lowest BCUT2D eigenvalue weighted by Gasteiger charge is -2.10. The van der Waals surface area contributed by atoms with Gasteiger partial charge in [0.05, 0.1) is 6.07 Å². The Morgan fingerprint density at radius 3 is 2.68 bits per heavy atom. The second-order valence-corrected chi connectivity index (χ2v) is 4.51. The zero-order valence-electron chi connectivity index (χ0n) is 10.9. The molecular weight excluding hydrogens is 236 g/mol. The minimum atomic E-state index is -0.413. The average Bonchev–Trinajstić information content (AvgIpc) is 2.46. The molecular formula is C16H16N2O. The van der Waals surface area contributed by atoms with Crippen molar-refractivity contribution in [3.05, 3.63) is 48.0 Å².